The lowest BCUT2D eigenvalue weighted by molar-refractivity contribution is 0.0900. The van der Waals surface area contributed by atoms with Crippen molar-refractivity contribution < 1.29 is 13.2 Å². The van der Waals surface area contributed by atoms with E-state index in [1.54, 1.807) is 30.3 Å². The van der Waals surface area contributed by atoms with Gasteiger partial charge in [0.05, 0.1) is 22.3 Å². The van der Waals surface area contributed by atoms with Crippen molar-refractivity contribution in [1.82, 2.24) is 19.8 Å². The molecular weight excluding hydrogens is 398 g/mol. The van der Waals surface area contributed by atoms with Crippen LogP contribution in [0.3, 0.4) is 0 Å². The molecule has 3 heterocycles. The van der Waals surface area contributed by atoms with Crippen LogP contribution in [0, 0.1) is 13.8 Å². The largest absolute Gasteiger partial charge is 0.397 e. The standard InChI is InChI=1S/C18H19N5O3S2/c1-10-11(2)21-22-18-14(10)15(19)16(27-18)17(24)20-12-8-23(9-12)28(25,26)13-6-4-3-5-7-13/h3-7,12H,8-9,19H2,1-2H3,(H,20,24). The predicted molar refractivity (Wildman–Crippen MR) is 108 cm³/mol. The van der Waals surface area contributed by atoms with Crippen LogP contribution >= 0.6 is 11.3 Å². The summed E-state index contributed by atoms with van der Waals surface area (Å²) in [4.78, 5) is 13.9. The number of carbonyl (C=O) groups excluding carboxylic acids is 1. The molecule has 1 aliphatic rings. The van der Waals surface area contributed by atoms with Crippen LogP contribution < -0.4 is 11.1 Å². The lowest BCUT2D eigenvalue weighted by Gasteiger charge is -2.38. The van der Waals surface area contributed by atoms with E-state index >= 15 is 0 Å². The molecule has 0 bridgehead atoms. The molecule has 0 radical (unpaired) electrons. The zero-order valence-corrected chi connectivity index (χ0v) is 17.0. The van der Waals surface area contributed by atoms with Gasteiger partial charge in [-0.25, -0.2) is 8.42 Å². The molecule has 3 N–H and O–H groups in total. The minimum absolute atomic E-state index is 0.228. The Labute approximate surface area is 166 Å². The van der Waals surface area contributed by atoms with Gasteiger partial charge in [0.25, 0.3) is 5.91 Å². The third-order valence-electron chi connectivity index (χ3n) is 4.91. The fraction of sp³-hybridized carbons (Fsp3) is 0.278. The number of nitrogens with one attached hydrogen (secondary N) is 1. The van der Waals surface area contributed by atoms with Crippen LogP contribution in [-0.4, -0.2) is 48.0 Å². The number of fused-ring (bicyclic) bond motifs is 1. The third-order valence-corrected chi connectivity index (χ3v) is 7.84. The number of nitrogens with two attached hydrogens (primary N) is 1. The minimum Gasteiger partial charge on any atom is -0.397 e. The Morgan fingerprint density at radius 1 is 1.21 bits per heavy atom. The highest BCUT2D eigenvalue weighted by atomic mass is 32.2. The maximum atomic E-state index is 12.7. The maximum absolute atomic E-state index is 12.7. The molecule has 2 aromatic heterocycles. The topological polar surface area (TPSA) is 118 Å². The molecule has 8 nitrogen and oxygen atoms in total. The average molecular weight is 418 g/mol. The van der Waals surface area contributed by atoms with Gasteiger partial charge in [0.15, 0.2) is 0 Å². The molecule has 3 aromatic rings. The van der Waals surface area contributed by atoms with E-state index in [-0.39, 0.29) is 29.9 Å². The second-order valence-electron chi connectivity index (χ2n) is 6.74. The number of anilines is 1. The Kier molecular flexibility index (Phi) is 4.56. The summed E-state index contributed by atoms with van der Waals surface area (Å²) in [6.45, 7) is 4.20. The Morgan fingerprint density at radius 2 is 1.89 bits per heavy atom. The number of hydrogen-bond donors (Lipinski definition) is 2. The number of benzene rings is 1. The molecule has 0 unspecified atom stereocenters. The maximum Gasteiger partial charge on any atom is 0.263 e. The van der Waals surface area contributed by atoms with Crippen LogP contribution in [0.15, 0.2) is 35.2 Å². The van der Waals surface area contributed by atoms with E-state index in [0.29, 0.717) is 15.4 Å². The van der Waals surface area contributed by atoms with Crippen molar-refractivity contribution in [2.75, 3.05) is 18.8 Å². The lowest BCUT2D eigenvalue weighted by atomic mass is 10.1. The summed E-state index contributed by atoms with van der Waals surface area (Å²) in [5.74, 6) is -0.320. The van der Waals surface area contributed by atoms with Crippen molar-refractivity contribution in [2.45, 2.75) is 24.8 Å². The van der Waals surface area contributed by atoms with Crippen LogP contribution in [0.25, 0.3) is 10.2 Å². The van der Waals surface area contributed by atoms with Crippen molar-refractivity contribution in [3.05, 3.63) is 46.5 Å². The predicted octanol–water partition coefficient (Wildman–Crippen LogP) is 1.69. The summed E-state index contributed by atoms with van der Waals surface area (Å²) in [7, 11) is -3.53. The van der Waals surface area contributed by atoms with Gasteiger partial charge in [0, 0.05) is 18.5 Å². The van der Waals surface area contributed by atoms with Crippen LogP contribution in [0.5, 0.6) is 0 Å². The van der Waals surface area contributed by atoms with Gasteiger partial charge in [0.2, 0.25) is 10.0 Å². The first-order valence-electron chi connectivity index (χ1n) is 8.67. The quantitative estimate of drug-likeness (QED) is 0.667. The summed E-state index contributed by atoms with van der Waals surface area (Å²) < 4.78 is 26.4. The first-order chi connectivity index (χ1) is 13.3. The minimum atomic E-state index is -3.53. The number of nitrogen functional groups attached to an aromatic ring is 1. The fourth-order valence-corrected chi connectivity index (χ4v) is 5.68. The normalized spacial score (nSPS) is 15.5. The Bertz CT molecular complexity index is 1170. The number of rotatable bonds is 4. The summed E-state index contributed by atoms with van der Waals surface area (Å²) in [5.41, 5.74) is 8.26. The van der Waals surface area contributed by atoms with Crippen molar-refractivity contribution >= 4 is 43.2 Å². The number of aromatic nitrogens is 2. The molecule has 1 amide bonds. The van der Waals surface area contributed by atoms with Crippen LogP contribution in [0.2, 0.25) is 0 Å². The molecule has 4 rings (SSSR count). The summed E-state index contributed by atoms with van der Waals surface area (Å²) in [5, 5.41) is 11.8. The monoisotopic (exact) mass is 417 g/mol. The molecule has 1 fully saturated rings. The fourth-order valence-electron chi connectivity index (χ4n) is 3.13. The van der Waals surface area contributed by atoms with E-state index in [1.807, 2.05) is 13.8 Å². The molecular formula is C18H19N5O3S2. The van der Waals surface area contributed by atoms with Crippen LogP contribution in [0.1, 0.15) is 20.9 Å². The van der Waals surface area contributed by atoms with Gasteiger partial charge >= 0.3 is 0 Å². The Balaban J connectivity index is 1.47. The molecule has 0 saturated carbocycles. The van der Waals surface area contributed by atoms with Crippen molar-refractivity contribution in [1.29, 1.82) is 0 Å². The van der Waals surface area contributed by atoms with Crippen LogP contribution in [0.4, 0.5) is 5.69 Å². The van der Waals surface area contributed by atoms with Gasteiger partial charge in [-0.15, -0.1) is 16.4 Å². The first-order valence-corrected chi connectivity index (χ1v) is 10.9. The van der Waals surface area contributed by atoms with Gasteiger partial charge < -0.3 is 11.1 Å². The molecule has 0 spiro atoms. The van der Waals surface area contributed by atoms with Crippen molar-refractivity contribution in [3.8, 4) is 0 Å². The third kappa shape index (κ3) is 3.03. The molecule has 1 saturated heterocycles. The Morgan fingerprint density at radius 3 is 2.57 bits per heavy atom. The van der Waals surface area contributed by atoms with E-state index in [9.17, 15) is 13.2 Å². The number of aryl methyl sites for hydroxylation is 2. The SMILES string of the molecule is Cc1nnc2sc(C(=O)NC3CN(S(=O)(=O)c4ccccc4)C3)c(N)c2c1C. The van der Waals surface area contributed by atoms with Gasteiger partial charge in [0.1, 0.15) is 9.71 Å². The second-order valence-corrected chi connectivity index (χ2v) is 9.68. The number of nitrogens with zero attached hydrogens (tertiary/aromatic N) is 3. The van der Waals surface area contributed by atoms with Gasteiger partial charge in [-0.05, 0) is 31.5 Å². The molecule has 0 aliphatic carbocycles. The molecule has 28 heavy (non-hydrogen) atoms. The second kappa shape index (κ2) is 6.80. The highest BCUT2D eigenvalue weighted by Crippen LogP contribution is 2.35. The number of carbonyl (C=O) groups is 1. The Hall–Kier alpha value is -2.56. The van der Waals surface area contributed by atoms with Gasteiger partial charge in [-0.2, -0.15) is 9.40 Å². The van der Waals surface area contributed by atoms with E-state index in [4.69, 9.17) is 5.73 Å². The molecule has 146 valence electrons. The first kappa shape index (κ1) is 18.8. The summed E-state index contributed by atoms with van der Waals surface area (Å²) in [6.07, 6.45) is 0. The average Bonchev–Trinajstić information content (AvgIpc) is 2.98. The summed E-state index contributed by atoms with van der Waals surface area (Å²) >= 11 is 1.19. The van der Waals surface area contributed by atoms with E-state index in [2.05, 4.69) is 15.5 Å². The number of thiophene rings is 1. The van der Waals surface area contributed by atoms with E-state index in [0.717, 1.165) is 16.6 Å². The zero-order chi connectivity index (χ0) is 20.1. The summed E-state index contributed by atoms with van der Waals surface area (Å²) in [6, 6.07) is 7.99. The van der Waals surface area contributed by atoms with E-state index in [1.165, 1.54) is 15.6 Å². The van der Waals surface area contributed by atoms with Gasteiger partial charge in [-0.1, -0.05) is 18.2 Å². The smallest absolute Gasteiger partial charge is 0.263 e. The molecule has 0 atom stereocenters. The lowest BCUT2D eigenvalue weighted by Crippen LogP contribution is -2.60. The van der Waals surface area contributed by atoms with Crippen molar-refractivity contribution in [3.63, 3.8) is 0 Å². The van der Waals surface area contributed by atoms with Gasteiger partial charge in [-0.3, -0.25) is 4.79 Å². The molecule has 1 aromatic carbocycles. The molecule has 1 aliphatic heterocycles. The van der Waals surface area contributed by atoms with E-state index < -0.39 is 10.0 Å². The highest BCUT2D eigenvalue weighted by Gasteiger charge is 2.38. The van der Waals surface area contributed by atoms with Crippen LogP contribution in [-0.2, 0) is 10.0 Å². The number of amides is 1. The zero-order valence-electron chi connectivity index (χ0n) is 15.3. The molecule has 10 heteroatoms. The van der Waals surface area contributed by atoms with Crippen molar-refractivity contribution in [2.24, 2.45) is 0 Å². The number of sulfonamides is 1. The number of hydrogen-bond acceptors (Lipinski definition) is 7. The highest BCUT2D eigenvalue weighted by molar-refractivity contribution is 7.89.